The Morgan fingerprint density at radius 2 is 1.89 bits per heavy atom. The molecule has 2 rings (SSSR count). The monoisotopic (exact) mass is 323 g/mol. The van der Waals surface area contributed by atoms with Crippen LogP contribution in [0.15, 0.2) is 34.8 Å². The highest BCUT2D eigenvalue weighted by Crippen LogP contribution is 2.21. The van der Waals surface area contributed by atoms with Crippen LogP contribution in [-0.2, 0) is 6.54 Å². The zero-order valence-electron chi connectivity index (χ0n) is 10.7. The van der Waals surface area contributed by atoms with Crippen LogP contribution in [0.4, 0.5) is 5.69 Å². The maximum absolute atomic E-state index is 10.8. The normalized spacial score (nSPS) is 10.5. The number of nitro benzene ring substituents is 1. The maximum Gasteiger partial charge on any atom is 0.270 e. The first-order valence-electron chi connectivity index (χ1n) is 5.80. The number of benzene rings is 1. The van der Waals surface area contributed by atoms with Crippen LogP contribution in [0.1, 0.15) is 17.0 Å². The van der Waals surface area contributed by atoms with Gasteiger partial charge in [-0.2, -0.15) is 0 Å². The fourth-order valence-corrected chi connectivity index (χ4v) is 2.46. The van der Waals surface area contributed by atoms with Gasteiger partial charge in [0.05, 0.1) is 11.5 Å². The highest BCUT2D eigenvalue weighted by atomic mass is 79.9. The highest BCUT2D eigenvalue weighted by Gasteiger charge is 2.09. The van der Waals surface area contributed by atoms with E-state index >= 15 is 0 Å². The van der Waals surface area contributed by atoms with Gasteiger partial charge in [0.2, 0.25) is 0 Å². The van der Waals surface area contributed by atoms with E-state index in [1.54, 1.807) is 6.07 Å². The van der Waals surface area contributed by atoms with Crippen molar-refractivity contribution in [3.63, 3.8) is 0 Å². The van der Waals surface area contributed by atoms with Gasteiger partial charge in [-0.25, -0.2) is 0 Å². The largest absolute Gasteiger partial charge is 0.322 e. The number of rotatable bonds is 4. The van der Waals surface area contributed by atoms with E-state index in [-0.39, 0.29) is 10.6 Å². The van der Waals surface area contributed by atoms with E-state index in [1.165, 1.54) is 6.07 Å². The summed E-state index contributed by atoms with van der Waals surface area (Å²) in [6.07, 6.45) is 0. The minimum atomic E-state index is -0.388. The molecule has 0 amide bonds. The fraction of sp³-hybridized carbons (Fsp3) is 0.231. The van der Waals surface area contributed by atoms with E-state index in [0.29, 0.717) is 11.0 Å². The van der Waals surface area contributed by atoms with Gasteiger partial charge in [-0.05, 0) is 37.6 Å². The molecule has 19 heavy (non-hydrogen) atoms. The van der Waals surface area contributed by atoms with E-state index in [2.05, 4.69) is 21.4 Å². The number of nitro groups is 1. The van der Waals surface area contributed by atoms with Gasteiger partial charge >= 0.3 is 0 Å². The van der Waals surface area contributed by atoms with Crippen molar-refractivity contribution < 1.29 is 4.92 Å². The molecule has 1 aromatic heterocycles. The number of aromatic nitrogens is 1. The lowest BCUT2D eigenvalue weighted by Crippen LogP contribution is -2.16. The van der Waals surface area contributed by atoms with Crippen LogP contribution < -0.4 is 5.43 Å². The quantitative estimate of drug-likeness (QED) is 0.691. The van der Waals surface area contributed by atoms with Crippen LogP contribution in [0.3, 0.4) is 0 Å². The summed E-state index contributed by atoms with van der Waals surface area (Å²) in [5.74, 6) is 0. The fourth-order valence-electron chi connectivity index (χ4n) is 1.93. The third-order valence-corrected chi connectivity index (χ3v) is 3.32. The van der Waals surface area contributed by atoms with Crippen molar-refractivity contribution >= 4 is 21.6 Å². The molecule has 1 N–H and O–H groups in total. The van der Waals surface area contributed by atoms with E-state index in [4.69, 9.17) is 0 Å². The van der Waals surface area contributed by atoms with E-state index in [0.717, 1.165) is 17.0 Å². The third-order valence-electron chi connectivity index (χ3n) is 2.87. The van der Waals surface area contributed by atoms with Gasteiger partial charge in [0.15, 0.2) is 0 Å². The second-order valence-electron chi connectivity index (χ2n) is 4.36. The number of nitrogens with zero attached hydrogens (tertiary/aromatic N) is 2. The van der Waals surface area contributed by atoms with Gasteiger partial charge in [-0.3, -0.25) is 14.8 Å². The number of aryl methyl sites for hydroxylation is 2. The molecule has 0 fully saturated rings. The molecule has 0 aliphatic heterocycles. The topological polar surface area (TPSA) is 60.1 Å². The second kappa shape index (κ2) is 5.44. The molecule has 0 saturated carbocycles. The van der Waals surface area contributed by atoms with Crippen molar-refractivity contribution in [2.45, 2.75) is 20.4 Å². The zero-order valence-corrected chi connectivity index (χ0v) is 12.3. The zero-order chi connectivity index (χ0) is 14.0. The first-order valence-corrected chi connectivity index (χ1v) is 6.59. The van der Waals surface area contributed by atoms with Crippen LogP contribution in [-0.4, -0.2) is 9.60 Å². The molecular weight excluding hydrogens is 310 g/mol. The number of hydrogen-bond acceptors (Lipinski definition) is 3. The van der Waals surface area contributed by atoms with Crippen LogP contribution >= 0.6 is 15.9 Å². The van der Waals surface area contributed by atoms with Crippen molar-refractivity contribution in [1.82, 2.24) is 4.68 Å². The van der Waals surface area contributed by atoms with Crippen LogP contribution in [0.5, 0.6) is 0 Å². The molecule has 0 aliphatic carbocycles. The number of nitrogens with one attached hydrogen (secondary N) is 1. The van der Waals surface area contributed by atoms with Crippen molar-refractivity contribution in [2.75, 3.05) is 5.43 Å². The Hall–Kier alpha value is -1.82. The molecule has 2 aromatic rings. The molecule has 0 saturated heterocycles. The van der Waals surface area contributed by atoms with Gasteiger partial charge in [-0.15, -0.1) is 0 Å². The molecule has 100 valence electrons. The molecule has 1 heterocycles. The van der Waals surface area contributed by atoms with E-state index in [9.17, 15) is 10.1 Å². The predicted octanol–water partition coefficient (Wildman–Crippen LogP) is 3.52. The SMILES string of the molecule is Cc1ccc(C)n1NCc1cc(Br)cc([N+](=O)[O-])c1. The number of halogens is 1. The van der Waals surface area contributed by atoms with Gasteiger partial charge < -0.3 is 5.43 Å². The van der Waals surface area contributed by atoms with Crippen molar-refractivity contribution in [1.29, 1.82) is 0 Å². The van der Waals surface area contributed by atoms with E-state index in [1.807, 2.05) is 36.7 Å². The smallest absolute Gasteiger partial charge is 0.270 e. The lowest BCUT2D eigenvalue weighted by atomic mass is 10.2. The van der Waals surface area contributed by atoms with Gasteiger partial charge in [-0.1, -0.05) is 15.9 Å². The Balaban J connectivity index is 2.18. The molecule has 0 spiro atoms. The number of hydrogen-bond donors (Lipinski definition) is 1. The summed E-state index contributed by atoms with van der Waals surface area (Å²) in [6, 6.07) is 8.98. The summed E-state index contributed by atoms with van der Waals surface area (Å²) in [6.45, 7) is 4.53. The van der Waals surface area contributed by atoms with Crippen molar-refractivity contribution in [2.24, 2.45) is 0 Å². The van der Waals surface area contributed by atoms with Crippen molar-refractivity contribution in [3.8, 4) is 0 Å². The Labute approximate surface area is 119 Å². The van der Waals surface area contributed by atoms with Crippen molar-refractivity contribution in [3.05, 3.63) is 61.9 Å². The molecule has 0 radical (unpaired) electrons. The van der Waals surface area contributed by atoms with Crippen LogP contribution in [0.25, 0.3) is 0 Å². The summed E-state index contributed by atoms with van der Waals surface area (Å²) in [4.78, 5) is 10.4. The Morgan fingerprint density at radius 3 is 2.47 bits per heavy atom. The molecule has 1 aromatic carbocycles. The highest BCUT2D eigenvalue weighted by molar-refractivity contribution is 9.10. The minimum absolute atomic E-state index is 0.0899. The molecule has 0 aliphatic rings. The molecule has 0 atom stereocenters. The maximum atomic E-state index is 10.8. The summed E-state index contributed by atoms with van der Waals surface area (Å²) in [5.41, 5.74) is 6.39. The number of non-ortho nitro benzene ring substituents is 1. The average Bonchev–Trinajstić information content (AvgIpc) is 2.66. The standard InChI is InChI=1S/C13H14BrN3O2/c1-9-3-4-10(2)16(9)15-8-11-5-12(14)7-13(6-11)17(18)19/h3-7,15H,8H2,1-2H3. The minimum Gasteiger partial charge on any atom is -0.322 e. The molecule has 0 bridgehead atoms. The third kappa shape index (κ3) is 3.14. The summed E-state index contributed by atoms with van der Waals surface area (Å²) < 4.78 is 2.67. The molecule has 0 unspecified atom stereocenters. The summed E-state index contributed by atoms with van der Waals surface area (Å²) in [7, 11) is 0. The Morgan fingerprint density at radius 1 is 1.26 bits per heavy atom. The van der Waals surface area contributed by atoms with Gasteiger partial charge in [0.25, 0.3) is 5.69 Å². The molecule has 6 heteroatoms. The lowest BCUT2D eigenvalue weighted by molar-refractivity contribution is -0.385. The average molecular weight is 324 g/mol. The van der Waals surface area contributed by atoms with Crippen LogP contribution in [0, 0.1) is 24.0 Å². The van der Waals surface area contributed by atoms with E-state index < -0.39 is 0 Å². The van der Waals surface area contributed by atoms with Gasteiger partial charge in [0, 0.05) is 28.0 Å². The summed E-state index contributed by atoms with van der Waals surface area (Å²) >= 11 is 3.29. The molecule has 5 nitrogen and oxygen atoms in total. The van der Waals surface area contributed by atoms with Crippen LogP contribution in [0.2, 0.25) is 0 Å². The first kappa shape index (κ1) is 13.6. The Bertz CT molecular complexity index is 603. The molecular formula is C13H14BrN3O2. The summed E-state index contributed by atoms with van der Waals surface area (Å²) in [5, 5.41) is 10.8. The Kier molecular flexibility index (Phi) is 3.90. The second-order valence-corrected chi connectivity index (χ2v) is 5.28. The first-order chi connectivity index (χ1) is 8.97. The lowest BCUT2D eigenvalue weighted by Gasteiger charge is -2.12. The van der Waals surface area contributed by atoms with Gasteiger partial charge in [0.1, 0.15) is 0 Å². The predicted molar refractivity (Wildman–Crippen MR) is 77.8 cm³/mol.